The normalized spacial score (nSPS) is 19.0. The summed E-state index contributed by atoms with van der Waals surface area (Å²) in [6, 6.07) is 0.799. The molecule has 1 aromatic rings. The van der Waals surface area contributed by atoms with E-state index in [2.05, 4.69) is 27.2 Å². The van der Waals surface area contributed by atoms with Crippen LogP contribution in [0.5, 0.6) is 0 Å². The van der Waals surface area contributed by atoms with Gasteiger partial charge in [0.15, 0.2) is 0 Å². The highest BCUT2D eigenvalue weighted by Gasteiger charge is 2.20. The molecule has 4 heteroatoms. The number of nitrogens with one attached hydrogen (secondary N) is 1. The Bertz CT molecular complexity index is 480. The zero-order chi connectivity index (χ0) is 14.7. The van der Waals surface area contributed by atoms with Crippen molar-refractivity contribution in [3.05, 3.63) is 17.1 Å². The first-order valence-electron chi connectivity index (χ1n) is 8.54. The molecule has 1 saturated carbocycles. The third-order valence-electron chi connectivity index (χ3n) is 5.00. The maximum absolute atomic E-state index is 4.64. The number of hydrogen-bond donors (Lipinski definition) is 1. The zero-order valence-corrected chi connectivity index (χ0v) is 13.5. The molecule has 21 heavy (non-hydrogen) atoms. The van der Waals surface area contributed by atoms with Gasteiger partial charge in [-0.2, -0.15) is 0 Å². The molecule has 0 radical (unpaired) electrons. The molecule has 0 bridgehead atoms. The largest absolute Gasteiger partial charge is 0.368 e. The van der Waals surface area contributed by atoms with E-state index in [-0.39, 0.29) is 0 Å². The molecule has 1 fully saturated rings. The van der Waals surface area contributed by atoms with Crippen LogP contribution < -0.4 is 5.32 Å². The molecule has 0 amide bonds. The second-order valence-corrected chi connectivity index (χ2v) is 6.60. The third-order valence-corrected chi connectivity index (χ3v) is 5.00. The second-order valence-electron chi connectivity index (χ2n) is 6.60. The van der Waals surface area contributed by atoms with Gasteiger partial charge in [0, 0.05) is 30.4 Å². The lowest BCUT2D eigenvalue weighted by molar-refractivity contribution is 0.254. The van der Waals surface area contributed by atoms with E-state index < -0.39 is 0 Å². The van der Waals surface area contributed by atoms with Crippen LogP contribution in [0.25, 0.3) is 0 Å². The fourth-order valence-corrected chi connectivity index (χ4v) is 3.74. The SMILES string of the molecule is Cc1nc2c(c(NCCN(C)C3CCCC3)n1)CCCC2. The van der Waals surface area contributed by atoms with Crippen molar-refractivity contribution >= 4 is 5.82 Å². The minimum atomic E-state index is 0.799. The van der Waals surface area contributed by atoms with Gasteiger partial charge >= 0.3 is 0 Å². The summed E-state index contributed by atoms with van der Waals surface area (Å²) >= 11 is 0. The van der Waals surface area contributed by atoms with E-state index in [0.29, 0.717) is 0 Å². The van der Waals surface area contributed by atoms with Crippen molar-refractivity contribution in [1.82, 2.24) is 14.9 Å². The molecule has 1 heterocycles. The molecule has 3 rings (SSSR count). The number of rotatable bonds is 5. The summed E-state index contributed by atoms with van der Waals surface area (Å²) in [6.07, 6.45) is 10.4. The Kier molecular flexibility index (Phi) is 4.73. The van der Waals surface area contributed by atoms with Crippen LogP contribution in [0.2, 0.25) is 0 Å². The lowest BCUT2D eigenvalue weighted by Gasteiger charge is -2.25. The Morgan fingerprint density at radius 1 is 1.10 bits per heavy atom. The first-order valence-corrected chi connectivity index (χ1v) is 8.54. The minimum absolute atomic E-state index is 0.799. The Morgan fingerprint density at radius 3 is 2.67 bits per heavy atom. The molecule has 1 aromatic heterocycles. The van der Waals surface area contributed by atoms with Gasteiger partial charge in [-0.3, -0.25) is 0 Å². The number of fused-ring (bicyclic) bond motifs is 1. The van der Waals surface area contributed by atoms with Crippen molar-refractivity contribution < 1.29 is 0 Å². The van der Waals surface area contributed by atoms with Gasteiger partial charge in [0.25, 0.3) is 0 Å². The van der Waals surface area contributed by atoms with Gasteiger partial charge in [0.1, 0.15) is 11.6 Å². The first kappa shape index (κ1) is 14.8. The number of nitrogens with zero attached hydrogens (tertiary/aromatic N) is 3. The average molecular weight is 288 g/mol. The quantitative estimate of drug-likeness (QED) is 0.904. The number of aryl methyl sites for hydroxylation is 2. The standard InChI is InChI=1S/C17H28N4/c1-13-19-16-10-6-5-9-15(16)17(20-13)18-11-12-21(2)14-7-3-4-8-14/h14H,3-12H2,1-2H3,(H,18,19,20). The molecule has 0 aromatic carbocycles. The van der Waals surface area contributed by atoms with Gasteiger partial charge in [0.05, 0.1) is 0 Å². The zero-order valence-electron chi connectivity index (χ0n) is 13.5. The molecule has 0 aliphatic heterocycles. The van der Waals surface area contributed by atoms with Crippen LogP contribution in [0, 0.1) is 6.92 Å². The van der Waals surface area contributed by atoms with E-state index in [1.54, 1.807) is 0 Å². The molecular weight excluding hydrogens is 260 g/mol. The van der Waals surface area contributed by atoms with Gasteiger partial charge in [-0.15, -0.1) is 0 Å². The average Bonchev–Trinajstić information content (AvgIpc) is 3.01. The molecular formula is C17H28N4. The van der Waals surface area contributed by atoms with E-state index >= 15 is 0 Å². The van der Waals surface area contributed by atoms with Crippen LogP contribution in [0.1, 0.15) is 55.6 Å². The summed E-state index contributed by atoms with van der Waals surface area (Å²) < 4.78 is 0. The van der Waals surface area contributed by atoms with Crippen molar-refractivity contribution in [1.29, 1.82) is 0 Å². The van der Waals surface area contributed by atoms with Crippen molar-refractivity contribution in [2.75, 3.05) is 25.5 Å². The van der Waals surface area contributed by atoms with Gasteiger partial charge < -0.3 is 10.2 Å². The number of aromatic nitrogens is 2. The summed E-state index contributed by atoms with van der Waals surface area (Å²) in [4.78, 5) is 11.8. The van der Waals surface area contributed by atoms with E-state index in [0.717, 1.165) is 43.6 Å². The predicted octanol–water partition coefficient (Wildman–Crippen LogP) is 2.95. The molecule has 4 nitrogen and oxygen atoms in total. The molecule has 2 aliphatic carbocycles. The number of hydrogen-bond acceptors (Lipinski definition) is 4. The summed E-state index contributed by atoms with van der Waals surface area (Å²) in [5.74, 6) is 2.00. The number of anilines is 1. The van der Waals surface area contributed by atoms with Crippen molar-refractivity contribution in [3.8, 4) is 0 Å². The van der Waals surface area contributed by atoms with Gasteiger partial charge in [-0.1, -0.05) is 12.8 Å². The van der Waals surface area contributed by atoms with E-state index in [1.165, 1.54) is 49.8 Å². The minimum Gasteiger partial charge on any atom is -0.368 e. The fourth-order valence-electron chi connectivity index (χ4n) is 3.74. The van der Waals surface area contributed by atoms with Crippen LogP contribution >= 0.6 is 0 Å². The third kappa shape index (κ3) is 3.54. The molecule has 1 N–H and O–H groups in total. The molecule has 116 valence electrons. The Labute approximate surface area is 128 Å². The maximum atomic E-state index is 4.64. The van der Waals surface area contributed by atoms with E-state index in [1.807, 2.05) is 6.92 Å². The monoisotopic (exact) mass is 288 g/mol. The summed E-state index contributed by atoms with van der Waals surface area (Å²) in [6.45, 7) is 4.09. The smallest absolute Gasteiger partial charge is 0.133 e. The van der Waals surface area contributed by atoms with Gasteiger partial charge in [-0.05, 0) is 52.5 Å². The van der Waals surface area contributed by atoms with E-state index in [4.69, 9.17) is 0 Å². The molecule has 0 unspecified atom stereocenters. The van der Waals surface area contributed by atoms with Crippen molar-refractivity contribution in [3.63, 3.8) is 0 Å². The van der Waals surface area contributed by atoms with Gasteiger partial charge in [-0.25, -0.2) is 9.97 Å². The lowest BCUT2D eigenvalue weighted by Crippen LogP contribution is -2.33. The van der Waals surface area contributed by atoms with Crippen LogP contribution in [-0.4, -0.2) is 41.0 Å². The van der Waals surface area contributed by atoms with E-state index in [9.17, 15) is 0 Å². The summed E-state index contributed by atoms with van der Waals surface area (Å²) in [7, 11) is 2.26. The predicted molar refractivity (Wildman–Crippen MR) is 86.8 cm³/mol. The van der Waals surface area contributed by atoms with Crippen LogP contribution in [0.4, 0.5) is 5.82 Å². The Morgan fingerprint density at radius 2 is 1.86 bits per heavy atom. The number of likely N-dealkylation sites (N-methyl/N-ethyl adjacent to an activating group) is 1. The van der Waals surface area contributed by atoms with Crippen LogP contribution in [0.15, 0.2) is 0 Å². The lowest BCUT2D eigenvalue weighted by atomic mass is 9.96. The fraction of sp³-hybridized carbons (Fsp3) is 0.765. The Balaban J connectivity index is 1.58. The summed E-state index contributed by atoms with van der Waals surface area (Å²) in [5.41, 5.74) is 2.65. The maximum Gasteiger partial charge on any atom is 0.133 e. The van der Waals surface area contributed by atoms with Crippen LogP contribution in [0.3, 0.4) is 0 Å². The molecule has 0 atom stereocenters. The van der Waals surface area contributed by atoms with Gasteiger partial charge in [0.2, 0.25) is 0 Å². The van der Waals surface area contributed by atoms with Crippen molar-refractivity contribution in [2.24, 2.45) is 0 Å². The molecule has 2 aliphatic rings. The Hall–Kier alpha value is -1.16. The summed E-state index contributed by atoms with van der Waals surface area (Å²) in [5, 5.41) is 3.58. The first-order chi connectivity index (χ1) is 10.2. The molecule has 0 spiro atoms. The van der Waals surface area contributed by atoms with Crippen molar-refractivity contribution in [2.45, 2.75) is 64.3 Å². The highest BCUT2D eigenvalue weighted by atomic mass is 15.2. The topological polar surface area (TPSA) is 41.1 Å². The highest BCUT2D eigenvalue weighted by molar-refractivity contribution is 5.47. The van der Waals surface area contributed by atoms with Crippen LogP contribution in [-0.2, 0) is 12.8 Å². The second kappa shape index (κ2) is 6.73. The highest BCUT2D eigenvalue weighted by Crippen LogP contribution is 2.25. The molecule has 0 saturated heterocycles.